The lowest BCUT2D eigenvalue weighted by Gasteiger charge is -2.04. The molecular formula is C13H14F2N2O3. The van der Waals surface area contributed by atoms with Crippen LogP contribution in [0.4, 0.5) is 8.78 Å². The summed E-state index contributed by atoms with van der Waals surface area (Å²) in [5, 5.41) is 13.4. The van der Waals surface area contributed by atoms with Gasteiger partial charge in [0, 0.05) is 5.56 Å². The lowest BCUT2D eigenvalue weighted by Crippen LogP contribution is -2.01. The Balaban J connectivity index is 2.19. The van der Waals surface area contributed by atoms with Crippen LogP contribution in [0, 0.1) is 0 Å². The van der Waals surface area contributed by atoms with Crippen molar-refractivity contribution in [3.8, 4) is 17.2 Å². The molecule has 108 valence electrons. The van der Waals surface area contributed by atoms with Crippen LogP contribution in [-0.2, 0) is 0 Å². The summed E-state index contributed by atoms with van der Waals surface area (Å²) >= 11 is 0. The fourth-order valence-corrected chi connectivity index (χ4v) is 1.70. The third kappa shape index (κ3) is 3.51. The summed E-state index contributed by atoms with van der Waals surface area (Å²) in [7, 11) is 0. The first kappa shape index (κ1) is 14.4. The van der Waals surface area contributed by atoms with Crippen LogP contribution in [-0.4, -0.2) is 21.9 Å². The molecule has 0 aliphatic heterocycles. The molecule has 0 radical (unpaired) electrons. The number of benzene rings is 1. The molecule has 1 aromatic carbocycles. The Morgan fingerprint density at radius 3 is 2.90 bits per heavy atom. The van der Waals surface area contributed by atoms with Crippen LogP contribution in [0.1, 0.15) is 31.7 Å². The van der Waals surface area contributed by atoms with E-state index in [1.165, 1.54) is 12.1 Å². The number of aromatic nitrogens is 2. The highest BCUT2D eigenvalue weighted by molar-refractivity contribution is 5.55. The van der Waals surface area contributed by atoms with Gasteiger partial charge >= 0.3 is 6.61 Å². The smallest absolute Gasteiger partial charge is 0.387 e. The van der Waals surface area contributed by atoms with E-state index in [-0.39, 0.29) is 17.5 Å². The SMILES string of the molecule is CCCC(O)c1noc(-c2cccc(OC(F)F)c2)n1. The number of hydrogen-bond donors (Lipinski definition) is 1. The van der Waals surface area contributed by atoms with Gasteiger partial charge in [-0.05, 0) is 24.6 Å². The predicted octanol–water partition coefficient (Wildman–Crippen LogP) is 3.17. The number of ether oxygens (including phenoxy) is 1. The highest BCUT2D eigenvalue weighted by Crippen LogP contribution is 2.25. The van der Waals surface area contributed by atoms with Crippen LogP contribution in [0.5, 0.6) is 5.75 Å². The van der Waals surface area contributed by atoms with Crippen LogP contribution in [0.3, 0.4) is 0 Å². The first-order chi connectivity index (χ1) is 9.60. The minimum absolute atomic E-state index is 0.00589. The monoisotopic (exact) mass is 284 g/mol. The Kier molecular flexibility index (Phi) is 4.62. The minimum atomic E-state index is -2.89. The largest absolute Gasteiger partial charge is 0.435 e. The highest BCUT2D eigenvalue weighted by Gasteiger charge is 2.16. The van der Waals surface area contributed by atoms with Crippen LogP contribution < -0.4 is 4.74 Å². The van der Waals surface area contributed by atoms with E-state index in [4.69, 9.17) is 4.52 Å². The summed E-state index contributed by atoms with van der Waals surface area (Å²) in [5.41, 5.74) is 0.450. The standard InChI is InChI=1S/C13H14F2N2O3/c1-2-4-10(18)11-16-12(20-17-11)8-5-3-6-9(7-8)19-13(14)15/h3,5-7,10,13,18H,2,4H2,1H3. The second kappa shape index (κ2) is 6.42. The van der Waals surface area contributed by atoms with Crippen molar-refractivity contribution in [3.05, 3.63) is 30.1 Å². The molecule has 0 aliphatic rings. The second-order valence-corrected chi connectivity index (χ2v) is 4.17. The number of aliphatic hydroxyl groups excluding tert-OH is 1. The molecule has 0 spiro atoms. The van der Waals surface area contributed by atoms with Gasteiger partial charge in [0.05, 0.1) is 0 Å². The Bertz CT molecular complexity index is 560. The van der Waals surface area contributed by atoms with E-state index < -0.39 is 12.7 Å². The van der Waals surface area contributed by atoms with Gasteiger partial charge in [-0.15, -0.1) is 0 Å². The average molecular weight is 284 g/mol. The van der Waals surface area contributed by atoms with Gasteiger partial charge < -0.3 is 14.4 Å². The molecule has 0 fully saturated rings. The molecule has 1 unspecified atom stereocenters. The topological polar surface area (TPSA) is 68.4 Å². The second-order valence-electron chi connectivity index (χ2n) is 4.17. The van der Waals surface area contributed by atoms with Gasteiger partial charge in [0.1, 0.15) is 11.9 Å². The van der Waals surface area contributed by atoms with Gasteiger partial charge in [-0.1, -0.05) is 24.6 Å². The molecule has 0 saturated heterocycles. The Hall–Kier alpha value is -2.02. The average Bonchev–Trinajstić information content (AvgIpc) is 2.88. The summed E-state index contributed by atoms with van der Waals surface area (Å²) in [6.07, 6.45) is 0.508. The van der Waals surface area contributed by atoms with Gasteiger partial charge in [0.15, 0.2) is 0 Å². The first-order valence-corrected chi connectivity index (χ1v) is 6.17. The molecule has 5 nitrogen and oxygen atoms in total. The van der Waals surface area contributed by atoms with Gasteiger partial charge in [0.25, 0.3) is 5.89 Å². The van der Waals surface area contributed by atoms with Crippen molar-refractivity contribution < 1.29 is 23.1 Å². The van der Waals surface area contributed by atoms with E-state index >= 15 is 0 Å². The first-order valence-electron chi connectivity index (χ1n) is 6.17. The van der Waals surface area contributed by atoms with Crippen LogP contribution in [0.2, 0.25) is 0 Å². The molecule has 2 rings (SSSR count). The zero-order valence-electron chi connectivity index (χ0n) is 10.8. The summed E-state index contributed by atoms with van der Waals surface area (Å²) in [4.78, 5) is 4.05. The molecule has 7 heteroatoms. The van der Waals surface area contributed by atoms with Crippen LogP contribution >= 0.6 is 0 Å². The number of halogens is 2. The molecule has 1 heterocycles. The molecule has 2 aromatic rings. The molecule has 1 aromatic heterocycles. The third-order valence-electron chi connectivity index (χ3n) is 2.61. The molecule has 1 N–H and O–H groups in total. The van der Waals surface area contributed by atoms with Crippen molar-refractivity contribution in [1.82, 2.24) is 10.1 Å². The third-order valence-corrected chi connectivity index (χ3v) is 2.61. The number of rotatable bonds is 6. The van der Waals surface area contributed by atoms with E-state index in [9.17, 15) is 13.9 Å². The maximum Gasteiger partial charge on any atom is 0.387 e. The lowest BCUT2D eigenvalue weighted by atomic mass is 10.2. The molecule has 20 heavy (non-hydrogen) atoms. The number of aliphatic hydroxyl groups is 1. The van der Waals surface area contributed by atoms with Gasteiger partial charge in [-0.3, -0.25) is 0 Å². The van der Waals surface area contributed by atoms with Crippen molar-refractivity contribution in [2.75, 3.05) is 0 Å². The number of nitrogens with zero attached hydrogens (tertiary/aromatic N) is 2. The summed E-state index contributed by atoms with van der Waals surface area (Å²) < 4.78 is 33.6. The van der Waals surface area contributed by atoms with Gasteiger partial charge in [-0.25, -0.2) is 0 Å². The zero-order chi connectivity index (χ0) is 14.5. The summed E-state index contributed by atoms with van der Waals surface area (Å²) in [6, 6.07) is 5.94. The fraction of sp³-hybridized carbons (Fsp3) is 0.385. The van der Waals surface area contributed by atoms with Crippen molar-refractivity contribution in [2.45, 2.75) is 32.5 Å². The van der Waals surface area contributed by atoms with Crippen LogP contribution in [0.15, 0.2) is 28.8 Å². The van der Waals surface area contributed by atoms with Gasteiger partial charge in [0.2, 0.25) is 5.82 Å². The molecule has 0 aliphatic carbocycles. The Morgan fingerprint density at radius 1 is 1.40 bits per heavy atom. The van der Waals surface area contributed by atoms with E-state index in [1.54, 1.807) is 12.1 Å². The number of alkyl halides is 2. The maximum absolute atomic E-state index is 12.1. The number of hydrogen-bond acceptors (Lipinski definition) is 5. The van der Waals surface area contributed by atoms with Gasteiger partial charge in [-0.2, -0.15) is 13.8 Å². The highest BCUT2D eigenvalue weighted by atomic mass is 19.3. The van der Waals surface area contributed by atoms with E-state index in [2.05, 4.69) is 14.9 Å². The van der Waals surface area contributed by atoms with Crippen LogP contribution in [0.25, 0.3) is 11.5 Å². The molecule has 0 saturated carbocycles. The van der Waals surface area contributed by atoms with E-state index in [0.29, 0.717) is 12.0 Å². The minimum Gasteiger partial charge on any atom is -0.435 e. The molecule has 0 amide bonds. The van der Waals surface area contributed by atoms with Crippen molar-refractivity contribution >= 4 is 0 Å². The summed E-state index contributed by atoms with van der Waals surface area (Å²) in [6.45, 7) is -0.968. The van der Waals surface area contributed by atoms with Crippen molar-refractivity contribution in [3.63, 3.8) is 0 Å². The molecule has 1 atom stereocenters. The lowest BCUT2D eigenvalue weighted by molar-refractivity contribution is -0.0498. The van der Waals surface area contributed by atoms with E-state index in [0.717, 1.165) is 6.42 Å². The Morgan fingerprint density at radius 2 is 2.20 bits per heavy atom. The quantitative estimate of drug-likeness (QED) is 0.882. The zero-order valence-corrected chi connectivity index (χ0v) is 10.8. The molecular weight excluding hydrogens is 270 g/mol. The fourth-order valence-electron chi connectivity index (χ4n) is 1.70. The van der Waals surface area contributed by atoms with Crippen molar-refractivity contribution in [2.24, 2.45) is 0 Å². The molecule has 0 bridgehead atoms. The summed E-state index contributed by atoms with van der Waals surface area (Å²) in [5.74, 6) is 0.336. The Labute approximate surface area is 114 Å². The van der Waals surface area contributed by atoms with E-state index in [1.807, 2.05) is 6.92 Å². The van der Waals surface area contributed by atoms with Crippen molar-refractivity contribution in [1.29, 1.82) is 0 Å². The normalized spacial score (nSPS) is 12.7. The maximum atomic E-state index is 12.1. The predicted molar refractivity (Wildman–Crippen MR) is 66.2 cm³/mol.